The van der Waals surface area contributed by atoms with Crippen molar-refractivity contribution in [2.24, 2.45) is 0 Å². The Bertz CT molecular complexity index is 446. The number of benzene rings is 1. The minimum atomic E-state index is -1.01. The van der Waals surface area contributed by atoms with E-state index in [1.165, 1.54) is 0 Å². The second kappa shape index (κ2) is 4.45. The predicted molar refractivity (Wildman–Crippen MR) is 62.4 cm³/mol. The van der Waals surface area contributed by atoms with Gasteiger partial charge in [0, 0.05) is 18.0 Å². The van der Waals surface area contributed by atoms with Crippen LogP contribution in [0.25, 0.3) is 0 Å². The molecule has 0 fully saturated rings. The number of carbonyl (C=O) groups excluding carboxylic acids is 1. The van der Waals surface area contributed by atoms with Gasteiger partial charge in [0.1, 0.15) is 6.42 Å². The van der Waals surface area contributed by atoms with Crippen molar-refractivity contribution in [3.8, 4) is 11.5 Å². The van der Waals surface area contributed by atoms with Crippen LogP contribution in [0.3, 0.4) is 0 Å². The number of rotatable bonds is 3. The average Bonchev–Trinajstić information content (AvgIpc) is 2.53. The third kappa shape index (κ3) is 2.64. The highest BCUT2D eigenvalue weighted by Gasteiger charge is 2.39. The highest BCUT2D eigenvalue weighted by atomic mass is 35.5. The van der Waals surface area contributed by atoms with E-state index in [1.54, 1.807) is 32.0 Å². The summed E-state index contributed by atoms with van der Waals surface area (Å²) in [6.45, 7) is 3.79. The molecule has 0 bridgehead atoms. The van der Waals surface area contributed by atoms with Gasteiger partial charge in [-0.1, -0.05) is 11.6 Å². The summed E-state index contributed by atoms with van der Waals surface area (Å²) < 4.78 is 16.0. The summed E-state index contributed by atoms with van der Waals surface area (Å²) in [5.74, 6) is -0.237. The fraction of sp³-hybridized carbons (Fsp3) is 0.417. The molecule has 0 aliphatic carbocycles. The Morgan fingerprint density at radius 3 is 2.82 bits per heavy atom. The monoisotopic (exact) mass is 256 g/mol. The Hall–Kier alpha value is -1.42. The van der Waals surface area contributed by atoms with Crippen LogP contribution in [0.15, 0.2) is 18.2 Å². The van der Waals surface area contributed by atoms with Crippen molar-refractivity contribution in [2.45, 2.75) is 26.1 Å². The summed E-state index contributed by atoms with van der Waals surface area (Å²) in [5.41, 5.74) is 0. The lowest BCUT2D eigenvalue weighted by Crippen LogP contribution is -2.37. The van der Waals surface area contributed by atoms with Crippen molar-refractivity contribution in [3.05, 3.63) is 23.2 Å². The van der Waals surface area contributed by atoms with Gasteiger partial charge in [0.05, 0.1) is 6.61 Å². The van der Waals surface area contributed by atoms with E-state index in [4.69, 9.17) is 25.8 Å². The van der Waals surface area contributed by atoms with Crippen LogP contribution in [-0.2, 0) is 9.53 Å². The van der Waals surface area contributed by atoms with Crippen molar-refractivity contribution in [2.75, 3.05) is 6.61 Å². The maximum atomic E-state index is 11.4. The van der Waals surface area contributed by atoms with Crippen LogP contribution >= 0.6 is 11.6 Å². The third-order valence-corrected chi connectivity index (χ3v) is 2.56. The van der Waals surface area contributed by atoms with E-state index >= 15 is 0 Å². The first kappa shape index (κ1) is 12.0. The van der Waals surface area contributed by atoms with Crippen LogP contribution in [0.1, 0.15) is 20.3 Å². The topological polar surface area (TPSA) is 44.8 Å². The Labute approximate surface area is 104 Å². The van der Waals surface area contributed by atoms with Gasteiger partial charge < -0.3 is 14.2 Å². The smallest absolute Gasteiger partial charge is 0.313 e. The van der Waals surface area contributed by atoms with E-state index in [1.807, 2.05) is 0 Å². The van der Waals surface area contributed by atoms with Gasteiger partial charge >= 0.3 is 5.97 Å². The van der Waals surface area contributed by atoms with Crippen LogP contribution in [0.2, 0.25) is 5.02 Å². The number of fused-ring (bicyclic) bond motifs is 1. The summed E-state index contributed by atoms with van der Waals surface area (Å²) in [5, 5.41) is 0.563. The molecule has 0 saturated carbocycles. The molecule has 0 radical (unpaired) electrons. The summed E-state index contributed by atoms with van der Waals surface area (Å²) in [4.78, 5) is 11.4. The minimum absolute atomic E-state index is 0.0349. The fourth-order valence-corrected chi connectivity index (χ4v) is 1.84. The molecule has 1 aromatic rings. The molecule has 0 N–H and O–H groups in total. The Morgan fingerprint density at radius 2 is 2.12 bits per heavy atom. The highest BCUT2D eigenvalue weighted by Crippen LogP contribution is 2.42. The first-order valence-corrected chi connectivity index (χ1v) is 5.73. The van der Waals surface area contributed by atoms with Crippen molar-refractivity contribution in [3.63, 3.8) is 0 Å². The number of hydrogen-bond donors (Lipinski definition) is 0. The maximum absolute atomic E-state index is 11.4. The molecule has 1 aromatic carbocycles. The zero-order valence-corrected chi connectivity index (χ0v) is 10.4. The molecule has 1 heterocycles. The van der Waals surface area contributed by atoms with Crippen LogP contribution in [0, 0.1) is 0 Å². The molecule has 1 aliphatic rings. The number of halogens is 1. The van der Waals surface area contributed by atoms with Crippen LogP contribution in [-0.4, -0.2) is 18.4 Å². The molecule has 4 nitrogen and oxygen atoms in total. The molecule has 0 aromatic heterocycles. The first-order valence-electron chi connectivity index (χ1n) is 5.35. The van der Waals surface area contributed by atoms with Crippen LogP contribution < -0.4 is 9.47 Å². The van der Waals surface area contributed by atoms with Crippen molar-refractivity contribution < 1.29 is 19.0 Å². The van der Waals surface area contributed by atoms with Crippen molar-refractivity contribution >= 4 is 17.6 Å². The lowest BCUT2D eigenvalue weighted by atomic mass is 10.2. The van der Waals surface area contributed by atoms with Gasteiger partial charge in [-0.2, -0.15) is 0 Å². The summed E-state index contributed by atoms with van der Waals surface area (Å²) in [6, 6.07) is 5.08. The van der Waals surface area contributed by atoms with E-state index in [9.17, 15) is 4.79 Å². The van der Waals surface area contributed by atoms with Gasteiger partial charge in [-0.15, -0.1) is 0 Å². The molecule has 0 spiro atoms. The number of esters is 1. The summed E-state index contributed by atoms with van der Waals surface area (Å²) in [6.07, 6.45) is 0.0349. The molecule has 0 amide bonds. The lowest BCUT2D eigenvalue weighted by Gasteiger charge is -2.21. The standard InChI is InChI=1S/C12H13ClO4/c1-3-15-11(14)7-12(2)16-9-5-4-8(13)6-10(9)17-12/h4-6H,3,7H2,1-2H3. The number of carbonyl (C=O) groups is 1. The van der Waals surface area contributed by atoms with Gasteiger partial charge in [0.15, 0.2) is 11.5 Å². The van der Waals surface area contributed by atoms with Gasteiger partial charge in [0.2, 0.25) is 0 Å². The molecule has 1 atom stereocenters. The molecule has 1 aliphatic heterocycles. The molecule has 1 unspecified atom stereocenters. The van der Waals surface area contributed by atoms with Gasteiger partial charge in [-0.05, 0) is 19.1 Å². The zero-order chi connectivity index (χ0) is 12.5. The van der Waals surface area contributed by atoms with Gasteiger partial charge in [0.25, 0.3) is 5.79 Å². The predicted octanol–water partition coefficient (Wildman–Crippen LogP) is 2.78. The average molecular weight is 257 g/mol. The summed E-state index contributed by atoms with van der Waals surface area (Å²) >= 11 is 5.84. The quantitative estimate of drug-likeness (QED) is 0.780. The normalized spacial score (nSPS) is 21.4. The molecule has 2 rings (SSSR count). The Morgan fingerprint density at radius 1 is 1.41 bits per heavy atom. The largest absolute Gasteiger partial charge is 0.466 e. The van der Waals surface area contributed by atoms with E-state index in [0.29, 0.717) is 23.1 Å². The van der Waals surface area contributed by atoms with Gasteiger partial charge in [-0.3, -0.25) is 4.79 Å². The van der Waals surface area contributed by atoms with Crippen LogP contribution in [0.4, 0.5) is 0 Å². The van der Waals surface area contributed by atoms with E-state index in [2.05, 4.69) is 0 Å². The van der Waals surface area contributed by atoms with E-state index in [0.717, 1.165) is 0 Å². The fourth-order valence-electron chi connectivity index (χ4n) is 1.68. The van der Waals surface area contributed by atoms with E-state index < -0.39 is 5.79 Å². The minimum Gasteiger partial charge on any atom is -0.466 e. The number of hydrogen-bond acceptors (Lipinski definition) is 4. The first-order chi connectivity index (χ1) is 8.02. The van der Waals surface area contributed by atoms with E-state index in [-0.39, 0.29) is 12.4 Å². The number of ether oxygens (including phenoxy) is 3. The van der Waals surface area contributed by atoms with Crippen molar-refractivity contribution in [1.82, 2.24) is 0 Å². The maximum Gasteiger partial charge on any atom is 0.313 e. The second-order valence-electron chi connectivity index (χ2n) is 3.91. The highest BCUT2D eigenvalue weighted by molar-refractivity contribution is 6.30. The SMILES string of the molecule is CCOC(=O)CC1(C)Oc2ccc(Cl)cc2O1. The molecular weight excluding hydrogens is 244 g/mol. The zero-order valence-electron chi connectivity index (χ0n) is 9.66. The molecule has 0 saturated heterocycles. The van der Waals surface area contributed by atoms with Crippen molar-refractivity contribution in [1.29, 1.82) is 0 Å². The Kier molecular flexibility index (Phi) is 3.15. The third-order valence-electron chi connectivity index (χ3n) is 2.33. The second-order valence-corrected chi connectivity index (χ2v) is 4.35. The lowest BCUT2D eigenvalue weighted by molar-refractivity contribution is -0.155. The molecule has 5 heteroatoms. The van der Waals surface area contributed by atoms with Gasteiger partial charge in [-0.25, -0.2) is 0 Å². The Balaban J connectivity index is 2.10. The molecule has 92 valence electrons. The van der Waals surface area contributed by atoms with Crippen LogP contribution in [0.5, 0.6) is 11.5 Å². The molecular formula is C12H13ClO4. The molecule has 17 heavy (non-hydrogen) atoms. The summed E-state index contributed by atoms with van der Waals surface area (Å²) in [7, 11) is 0.